The van der Waals surface area contributed by atoms with Crippen molar-refractivity contribution in [3.05, 3.63) is 62.3 Å². The highest BCUT2D eigenvalue weighted by molar-refractivity contribution is 5.90. The van der Waals surface area contributed by atoms with Crippen LogP contribution in [-0.2, 0) is 23.9 Å². The molecule has 0 aliphatic carbocycles. The Kier molecular flexibility index (Phi) is 18.7. The average Bonchev–Trinajstić information content (AvgIpc) is 2.52. The first-order chi connectivity index (χ1) is 10.7. The van der Waals surface area contributed by atoms with E-state index in [1.165, 1.54) is 13.2 Å². The molecule has 0 aliphatic heterocycles. The van der Waals surface area contributed by atoms with Crippen molar-refractivity contribution in [2.75, 3.05) is 13.7 Å². The van der Waals surface area contributed by atoms with Gasteiger partial charge in [-0.3, -0.25) is 4.79 Å². The van der Waals surface area contributed by atoms with E-state index in [0.717, 1.165) is 6.08 Å². The number of ether oxygens (including phenoxy) is 2. The van der Waals surface area contributed by atoms with Crippen LogP contribution in [-0.4, -0.2) is 31.6 Å². The molecular weight excluding hydrogens is 298 g/mol. The van der Waals surface area contributed by atoms with Crippen LogP contribution in [0.1, 0.15) is 13.3 Å². The van der Waals surface area contributed by atoms with Gasteiger partial charge < -0.3 is 15.2 Å². The van der Waals surface area contributed by atoms with Crippen molar-refractivity contribution in [2.24, 2.45) is 5.73 Å². The first kappa shape index (κ1) is 25.1. The molecule has 6 nitrogen and oxygen atoms in total. The maximum Gasteiger partial charge on any atom is 0.333 e. The van der Waals surface area contributed by atoms with Crippen molar-refractivity contribution in [2.45, 2.75) is 13.3 Å². The van der Waals surface area contributed by atoms with Gasteiger partial charge in [0.15, 0.2) is 0 Å². The number of carbonyl (C=O) groups excluding carboxylic acids is 3. The fourth-order valence-electron chi connectivity index (χ4n) is 0.602. The summed E-state index contributed by atoms with van der Waals surface area (Å²) >= 11 is 0. The zero-order valence-corrected chi connectivity index (χ0v) is 13.8. The fourth-order valence-corrected chi connectivity index (χ4v) is 0.602. The lowest BCUT2D eigenvalue weighted by molar-refractivity contribution is -0.137. The highest BCUT2D eigenvalue weighted by Gasteiger charge is 2.01. The summed E-state index contributed by atoms with van der Waals surface area (Å²) in [5, 5.41) is 0. The summed E-state index contributed by atoms with van der Waals surface area (Å²) in [5.74, 6) is -1.21. The predicted octanol–water partition coefficient (Wildman–Crippen LogP) is 2.24. The van der Waals surface area contributed by atoms with E-state index in [0.29, 0.717) is 17.6 Å². The molecule has 0 aromatic heterocycles. The van der Waals surface area contributed by atoms with Gasteiger partial charge in [0.05, 0.1) is 7.11 Å². The summed E-state index contributed by atoms with van der Waals surface area (Å²) in [4.78, 5) is 30.5. The maximum absolute atomic E-state index is 10.5. The fraction of sp³-hybridized carbons (Fsp3) is 0.235. The summed E-state index contributed by atoms with van der Waals surface area (Å²) in [6.07, 6.45) is 4.72. The van der Waals surface area contributed by atoms with Crippen molar-refractivity contribution >= 4 is 17.8 Å². The number of nitrogens with two attached hydrogens (primary N) is 1. The van der Waals surface area contributed by atoms with Crippen LogP contribution in [0.3, 0.4) is 0 Å². The Morgan fingerprint density at radius 2 is 1.57 bits per heavy atom. The number of primary amides is 1. The third kappa shape index (κ3) is 21.6. The Bertz CT molecular complexity index is 452. The Balaban J connectivity index is -0.000000266. The third-order valence-electron chi connectivity index (χ3n) is 1.80. The molecule has 0 unspecified atom stereocenters. The van der Waals surface area contributed by atoms with Crippen molar-refractivity contribution < 1.29 is 23.9 Å². The van der Waals surface area contributed by atoms with E-state index in [1.807, 2.05) is 0 Å². The molecule has 0 aliphatic rings. The number of allylic oxidation sites excluding steroid dienone is 1. The van der Waals surface area contributed by atoms with E-state index in [1.54, 1.807) is 13.0 Å². The maximum atomic E-state index is 10.5. The normalized spacial score (nSPS) is 7.74. The summed E-state index contributed by atoms with van der Waals surface area (Å²) in [5.41, 5.74) is 5.53. The molecule has 0 spiro atoms. The molecule has 6 heteroatoms. The quantitative estimate of drug-likeness (QED) is 0.440. The number of amides is 1. The number of esters is 2. The second-order valence-corrected chi connectivity index (χ2v) is 3.86. The van der Waals surface area contributed by atoms with Gasteiger partial charge in [-0.05, 0) is 13.3 Å². The molecule has 2 N–H and O–H groups in total. The van der Waals surface area contributed by atoms with Gasteiger partial charge in [0.1, 0.15) is 6.61 Å². The predicted molar refractivity (Wildman–Crippen MR) is 91.3 cm³/mol. The van der Waals surface area contributed by atoms with E-state index < -0.39 is 11.9 Å². The molecule has 23 heavy (non-hydrogen) atoms. The standard InChI is InChI=1S/C7H10O2.C6H8O2.C4H7NO/c1-4-5-6(2)7(8)9-3;1-3-5-8-6(7)4-2;1-3(2)4(5)6/h4H,1-2,5H2,3H3;3-4H,1-2,5H2;1H2,2H3,(H2,5,6). The van der Waals surface area contributed by atoms with Gasteiger partial charge >= 0.3 is 11.9 Å². The lowest BCUT2D eigenvalue weighted by Gasteiger charge is -1.96. The van der Waals surface area contributed by atoms with Crippen molar-refractivity contribution in [1.82, 2.24) is 0 Å². The largest absolute Gasteiger partial charge is 0.466 e. The number of hydrogen-bond acceptors (Lipinski definition) is 5. The molecule has 0 radical (unpaired) electrons. The second kappa shape index (κ2) is 17.2. The van der Waals surface area contributed by atoms with Crippen LogP contribution >= 0.6 is 0 Å². The molecule has 0 aromatic carbocycles. The molecular formula is C17H25NO5. The van der Waals surface area contributed by atoms with E-state index in [2.05, 4.69) is 42.4 Å². The smallest absolute Gasteiger partial charge is 0.333 e. The van der Waals surface area contributed by atoms with Gasteiger partial charge in [-0.1, -0.05) is 38.5 Å². The Morgan fingerprint density at radius 1 is 1.09 bits per heavy atom. The van der Waals surface area contributed by atoms with Crippen LogP contribution in [0.15, 0.2) is 62.3 Å². The second-order valence-electron chi connectivity index (χ2n) is 3.86. The topological polar surface area (TPSA) is 95.7 Å². The van der Waals surface area contributed by atoms with Gasteiger partial charge in [-0.15, -0.1) is 6.58 Å². The zero-order chi connectivity index (χ0) is 18.8. The molecule has 0 fully saturated rings. The Morgan fingerprint density at radius 3 is 1.83 bits per heavy atom. The van der Waals surface area contributed by atoms with E-state index in [-0.39, 0.29) is 12.6 Å². The lowest BCUT2D eigenvalue weighted by atomic mass is 10.2. The van der Waals surface area contributed by atoms with E-state index in [9.17, 15) is 14.4 Å². The molecule has 0 aromatic rings. The van der Waals surface area contributed by atoms with Gasteiger partial charge in [0.25, 0.3) is 0 Å². The molecule has 0 saturated heterocycles. The van der Waals surface area contributed by atoms with Crippen molar-refractivity contribution in [3.63, 3.8) is 0 Å². The number of methoxy groups -OCH3 is 1. The lowest BCUT2D eigenvalue weighted by Crippen LogP contribution is -2.10. The van der Waals surface area contributed by atoms with Crippen molar-refractivity contribution in [3.8, 4) is 0 Å². The van der Waals surface area contributed by atoms with Crippen LogP contribution in [0, 0.1) is 0 Å². The van der Waals surface area contributed by atoms with Gasteiger partial charge in [0.2, 0.25) is 5.91 Å². The van der Waals surface area contributed by atoms with Crippen LogP contribution in [0.5, 0.6) is 0 Å². The van der Waals surface area contributed by atoms with E-state index >= 15 is 0 Å². The minimum atomic E-state index is -0.435. The SMILES string of the molecule is C=C(C)C(N)=O.C=CCC(=C)C(=O)OC.C=CCOC(=O)C=C. The van der Waals surface area contributed by atoms with Crippen LogP contribution in [0.2, 0.25) is 0 Å². The summed E-state index contributed by atoms with van der Waals surface area (Å²) < 4.78 is 8.84. The van der Waals surface area contributed by atoms with Crippen LogP contribution in [0.25, 0.3) is 0 Å². The minimum Gasteiger partial charge on any atom is -0.466 e. The summed E-state index contributed by atoms with van der Waals surface area (Å²) in [7, 11) is 1.33. The highest BCUT2D eigenvalue weighted by atomic mass is 16.5. The summed E-state index contributed by atoms with van der Waals surface area (Å²) in [6, 6.07) is 0. The first-order valence-electron chi connectivity index (χ1n) is 6.40. The average molecular weight is 323 g/mol. The van der Waals surface area contributed by atoms with E-state index in [4.69, 9.17) is 5.73 Å². The number of rotatable bonds is 7. The molecule has 1 amide bonds. The summed E-state index contributed by atoms with van der Waals surface area (Å²) in [6.45, 7) is 18.6. The molecule has 0 heterocycles. The zero-order valence-electron chi connectivity index (χ0n) is 13.8. The monoisotopic (exact) mass is 323 g/mol. The van der Waals surface area contributed by atoms with Crippen LogP contribution < -0.4 is 5.73 Å². The Labute approximate surface area is 137 Å². The third-order valence-corrected chi connectivity index (χ3v) is 1.80. The Hall–Kier alpha value is -2.89. The molecule has 0 rings (SSSR count). The number of hydrogen-bond donors (Lipinski definition) is 1. The molecule has 0 atom stereocenters. The number of carbonyl (C=O) groups is 3. The molecule has 0 saturated carbocycles. The van der Waals surface area contributed by atoms with Gasteiger partial charge in [-0.2, -0.15) is 0 Å². The first-order valence-corrected chi connectivity index (χ1v) is 6.40. The van der Waals surface area contributed by atoms with Gasteiger partial charge in [0, 0.05) is 17.2 Å². The van der Waals surface area contributed by atoms with Gasteiger partial charge in [-0.25, -0.2) is 9.59 Å². The molecule has 0 bridgehead atoms. The highest BCUT2D eigenvalue weighted by Crippen LogP contribution is 1.99. The van der Waals surface area contributed by atoms with Crippen LogP contribution in [0.4, 0.5) is 0 Å². The minimum absolute atomic E-state index is 0.255. The van der Waals surface area contributed by atoms with Crippen molar-refractivity contribution in [1.29, 1.82) is 0 Å². The molecule has 128 valence electrons.